The first-order valence-electron chi connectivity index (χ1n) is 7.46. The molecule has 0 bridgehead atoms. The molecular weight excluding hydrogens is 243 g/mol. The van der Waals surface area contributed by atoms with Gasteiger partial charge in [0.25, 0.3) is 0 Å². The van der Waals surface area contributed by atoms with Crippen molar-refractivity contribution in [2.24, 2.45) is 11.8 Å². The van der Waals surface area contributed by atoms with Crippen molar-refractivity contribution < 1.29 is 13.9 Å². The lowest BCUT2D eigenvalue weighted by Gasteiger charge is -2.30. The summed E-state index contributed by atoms with van der Waals surface area (Å²) >= 11 is 0. The summed E-state index contributed by atoms with van der Waals surface area (Å²) in [6, 6.07) is 0. The van der Waals surface area contributed by atoms with Crippen LogP contribution < -0.4 is 0 Å². The Morgan fingerprint density at radius 3 is 2.63 bits per heavy atom. The minimum Gasteiger partial charge on any atom is -0.352 e. The molecule has 1 heterocycles. The highest BCUT2D eigenvalue weighted by molar-refractivity contribution is 4.97. The van der Waals surface area contributed by atoms with Crippen molar-refractivity contribution in [2.45, 2.75) is 51.2 Å². The summed E-state index contributed by atoms with van der Waals surface area (Å²) in [5, 5.41) is 0. The Morgan fingerprint density at radius 1 is 1.21 bits per heavy atom. The number of halogens is 1. The molecule has 0 spiro atoms. The van der Waals surface area contributed by atoms with Crippen molar-refractivity contribution >= 4 is 0 Å². The smallest absolute Gasteiger partial charge is 0.157 e. The van der Waals surface area contributed by atoms with E-state index in [1.807, 2.05) is 6.08 Å². The van der Waals surface area contributed by atoms with Crippen molar-refractivity contribution in [1.82, 2.24) is 0 Å². The van der Waals surface area contributed by atoms with E-state index in [0.29, 0.717) is 18.3 Å². The van der Waals surface area contributed by atoms with Gasteiger partial charge in [-0.25, -0.2) is 4.39 Å². The van der Waals surface area contributed by atoms with Crippen LogP contribution in [-0.2, 0) is 9.47 Å². The molecule has 0 aromatic rings. The van der Waals surface area contributed by atoms with Crippen LogP contribution in [0.15, 0.2) is 24.6 Å². The number of ether oxygens (including phenoxy) is 2. The van der Waals surface area contributed by atoms with Crippen LogP contribution in [0, 0.1) is 11.8 Å². The molecule has 0 amide bonds. The fourth-order valence-electron chi connectivity index (χ4n) is 2.76. The standard InChI is InChI=1S/C16H25FO2/c1-2-3-4-14-11-18-16(19-12-14)10-7-13-5-8-15(17)9-6-13/h2,8,13-14,16H,1,3-7,9-12H2/t13?,14-,16-. The molecule has 1 aliphatic carbocycles. The molecule has 0 saturated carbocycles. The van der Waals surface area contributed by atoms with Crippen LogP contribution in [0.2, 0.25) is 0 Å². The number of rotatable bonds is 6. The topological polar surface area (TPSA) is 18.5 Å². The summed E-state index contributed by atoms with van der Waals surface area (Å²) in [5.74, 6) is 1.18. The second-order valence-corrected chi connectivity index (χ2v) is 5.70. The van der Waals surface area contributed by atoms with E-state index in [1.165, 1.54) is 0 Å². The zero-order valence-electron chi connectivity index (χ0n) is 11.7. The quantitative estimate of drug-likeness (QED) is 0.666. The van der Waals surface area contributed by atoms with Crippen molar-refractivity contribution in [2.75, 3.05) is 13.2 Å². The van der Waals surface area contributed by atoms with Crippen molar-refractivity contribution in [3.63, 3.8) is 0 Å². The Balaban J connectivity index is 1.59. The van der Waals surface area contributed by atoms with Gasteiger partial charge < -0.3 is 9.47 Å². The first-order chi connectivity index (χ1) is 9.28. The van der Waals surface area contributed by atoms with Gasteiger partial charge in [-0.05, 0) is 50.9 Å². The lowest BCUT2D eigenvalue weighted by atomic mass is 9.89. The van der Waals surface area contributed by atoms with Gasteiger partial charge in [0.05, 0.1) is 19.0 Å². The van der Waals surface area contributed by atoms with Gasteiger partial charge in [0.1, 0.15) is 0 Å². The maximum atomic E-state index is 12.9. The molecule has 2 nitrogen and oxygen atoms in total. The van der Waals surface area contributed by atoms with Crippen molar-refractivity contribution in [3.05, 3.63) is 24.6 Å². The molecule has 0 N–H and O–H groups in total. The number of hydrogen-bond acceptors (Lipinski definition) is 2. The second kappa shape index (κ2) is 7.81. The lowest BCUT2D eigenvalue weighted by Crippen LogP contribution is -2.32. The number of hydrogen-bond donors (Lipinski definition) is 0. The molecule has 108 valence electrons. The van der Waals surface area contributed by atoms with Gasteiger partial charge in [-0.3, -0.25) is 0 Å². The molecule has 2 aliphatic rings. The maximum Gasteiger partial charge on any atom is 0.157 e. The van der Waals surface area contributed by atoms with Crippen LogP contribution >= 0.6 is 0 Å². The third-order valence-electron chi connectivity index (χ3n) is 4.09. The third-order valence-corrected chi connectivity index (χ3v) is 4.09. The van der Waals surface area contributed by atoms with E-state index in [2.05, 4.69) is 6.58 Å². The maximum absolute atomic E-state index is 12.9. The van der Waals surface area contributed by atoms with Crippen LogP contribution in [0.1, 0.15) is 44.9 Å². The van der Waals surface area contributed by atoms with E-state index < -0.39 is 0 Å². The Morgan fingerprint density at radius 2 is 2.00 bits per heavy atom. The molecule has 2 rings (SSSR count). The van der Waals surface area contributed by atoms with Gasteiger partial charge in [-0.15, -0.1) is 6.58 Å². The average Bonchev–Trinajstić information content (AvgIpc) is 2.46. The minimum absolute atomic E-state index is 0.0456. The normalized spacial score (nSPS) is 31.8. The zero-order valence-corrected chi connectivity index (χ0v) is 11.7. The summed E-state index contributed by atoms with van der Waals surface area (Å²) in [5.41, 5.74) is 0. The lowest BCUT2D eigenvalue weighted by molar-refractivity contribution is -0.204. The van der Waals surface area contributed by atoms with Gasteiger partial charge in [0.15, 0.2) is 6.29 Å². The fraction of sp³-hybridized carbons (Fsp3) is 0.750. The average molecular weight is 268 g/mol. The molecule has 3 heteroatoms. The van der Waals surface area contributed by atoms with Crippen LogP contribution in [0.5, 0.6) is 0 Å². The molecule has 1 saturated heterocycles. The number of allylic oxidation sites excluding steroid dienone is 3. The van der Waals surface area contributed by atoms with E-state index in [4.69, 9.17) is 9.47 Å². The van der Waals surface area contributed by atoms with Gasteiger partial charge in [-0.1, -0.05) is 12.2 Å². The summed E-state index contributed by atoms with van der Waals surface area (Å²) in [4.78, 5) is 0. The molecular formula is C16H25FO2. The van der Waals surface area contributed by atoms with Gasteiger partial charge in [-0.2, -0.15) is 0 Å². The largest absolute Gasteiger partial charge is 0.352 e. The zero-order chi connectivity index (χ0) is 13.5. The van der Waals surface area contributed by atoms with E-state index in [9.17, 15) is 4.39 Å². The van der Waals surface area contributed by atoms with E-state index in [-0.39, 0.29) is 12.1 Å². The molecule has 0 aromatic carbocycles. The van der Waals surface area contributed by atoms with Gasteiger partial charge in [0, 0.05) is 5.92 Å². The summed E-state index contributed by atoms with van der Waals surface area (Å²) in [6.07, 6.45) is 10.2. The van der Waals surface area contributed by atoms with Crippen LogP contribution in [0.4, 0.5) is 4.39 Å². The Labute approximate surface area is 115 Å². The fourth-order valence-corrected chi connectivity index (χ4v) is 2.76. The molecule has 1 aliphatic heterocycles. The van der Waals surface area contributed by atoms with E-state index >= 15 is 0 Å². The predicted molar refractivity (Wildman–Crippen MR) is 74.4 cm³/mol. The minimum atomic E-state index is -0.0456. The summed E-state index contributed by atoms with van der Waals surface area (Å²) in [7, 11) is 0. The van der Waals surface area contributed by atoms with Crippen LogP contribution in [-0.4, -0.2) is 19.5 Å². The highest BCUT2D eigenvalue weighted by Crippen LogP contribution is 2.29. The monoisotopic (exact) mass is 268 g/mol. The van der Waals surface area contributed by atoms with Crippen molar-refractivity contribution in [3.8, 4) is 0 Å². The third kappa shape index (κ3) is 5.07. The highest BCUT2D eigenvalue weighted by Gasteiger charge is 2.23. The molecule has 19 heavy (non-hydrogen) atoms. The molecule has 1 unspecified atom stereocenters. The molecule has 1 fully saturated rings. The Bertz CT molecular complexity index is 306. The van der Waals surface area contributed by atoms with Crippen LogP contribution in [0.3, 0.4) is 0 Å². The first kappa shape index (κ1) is 14.7. The SMILES string of the molecule is C=CCC[C@H]1CO[C@H](CCC2CC=C(F)CC2)OC1. The Hall–Kier alpha value is -0.670. The summed E-state index contributed by atoms with van der Waals surface area (Å²) < 4.78 is 24.4. The van der Waals surface area contributed by atoms with Crippen LogP contribution in [0.25, 0.3) is 0 Å². The van der Waals surface area contributed by atoms with Gasteiger partial charge in [0.2, 0.25) is 0 Å². The van der Waals surface area contributed by atoms with Crippen molar-refractivity contribution in [1.29, 1.82) is 0 Å². The van der Waals surface area contributed by atoms with Gasteiger partial charge >= 0.3 is 0 Å². The second-order valence-electron chi connectivity index (χ2n) is 5.70. The summed E-state index contributed by atoms with van der Waals surface area (Å²) in [6.45, 7) is 5.34. The van der Waals surface area contributed by atoms with E-state index in [0.717, 1.165) is 51.7 Å². The van der Waals surface area contributed by atoms with E-state index in [1.54, 1.807) is 6.08 Å². The molecule has 0 radical (unpaired) electrons. The molecule has 0 aromatic heterocycles. The molecule has 1 atom stereocenters. The predicted octanol–water partition coefficient (Wildman–Crippen LogP) is 4.38. The highest BCUT2D eigenvalue weighted by atomic mass is 19.1. The first-order valence-corrected chi connectivity index (χ1v) is 7.46. The Kier molecular flexibility index (Phi) is 6.05.